The molecule has 0 saturated heterocycles. The average molecular weight is 569 g/mol. The predicted octanol–water partition coefficient (Wildman–Crippen LogP) is 4.20. The zero-order valence-electron chi connectivity index (χ0n) is 23.5. The molecule has 6 rings (SSSR count). The van der Waals surface area contributed by atoms with Crippen molar-refractivity contribution in [1.82, 2.24) is 15.0 Å². The first-order valence-electron chi connectivity index (χ1n) is 13.9. The van der Waals surface area contributed by atoms with Crippen LogP contribution < -0.4 is 9.47 Å². The van der Waals surface area contributed by atoms with E-state index in [0.717, 1.165) is 28.0 Å². The van der Waals surface area contributed by atoms with E-state index in [9.17, 15) is 4.79 Å². The van der Waals surface area contributed by atoms with Gasteiger partial charge in [0.15, 0.2) is 11.4 Å². The van der Waals surface area contributed by atoms with Gasteiger partial charge in [0.25, 0.3) is 11.8 Å². The van der Waals surface area contributed by atoms with E-state index in [2.05, 4.69) is 10.1 Å². The topological polar surface area (TPSA) is 120 Å². The fourth-order valence-electron chi connectivity index (χ4n) is 5.32. The number of amides is 1. The maximum Gasteiger partial charge on any atom is 0.257 e. The Bertz CT molecular complexity index is 1580. The second-order valence-electron chi connectivity index (χ2n) is 10.4. The van der Waals surface area contributed by atoms with Gasteiger partial charge < -0.3 is 28.7 Å². The number of ether oxygens (including phenoxy) is 3. The van der Waals surface area contributed by atoms with E-state index in [0.29, 0.717) is 49.4 Å². The average Bonchev–Trinajstić information content (AvgIpc) is 3.59. The largest absolute Gasteiger partial charge is 0.497 e. The molecule has 1 amide bonds. The summed E-state index contributed by atoms with van der Waals surface area (Å²) < 4.78 is 22.7. The Labute approximate surface area is 243 Å². The van der Waals surface area contributed by atoms with Crippen molar-refractivity contribution in [1.29, 1.82) is 0 Å². The lowest BCUT2D eigenvalue weighted by Crippen LogP contribution is -2.52. The summed E-state index contributed by atoms with van der Waals surface area (Å²) in [5, 5.41) is 13.2. The molecule has 216 valence electrons. The van der Waals surface area contributed by atoms with Gasteiger partial charge in [-0.1, -0.05) is 29.4 Å². The van der Waals surface area contributed by atoms with E-state index < -0.39 is 11.6 Å². The first kappa shape index (κ1) is 27.5. The fraction of sp³-hybridized carbons (Fsp3) is 0.312. The molecule has 1 spiro atoms. The summed E-state index contributed by atoms with van der Waals surface area (Å²) >= 11 is 0. The van der Waals surface area contributed by atoms with Gasteiger partial charge in [-0.05, 0) is 66.6 Å². The summed E-state index contributed by atoms with van der Waals surface area (Å²) in [7, 11) is 1.61. The Balaban J connectivity index is 1.29. The van der Waals surface area contributed by atoms with Crippen LogP contribution >= 0.6 is 0 Å². The first-order valence-corrected chi connectivity index (χ1v) is 13.9. The standard InChI is InChI=1S/C32H32N4O6/c1-21-32(34-30(41-21)23-10-14-27(15-11-23)40-17-5-16-37)18-24-6-3-4-7-25(24)19-36(31(32)38)20-28-33-29(42-35-28)22-8-12-26(39-2)13-9-22/h3-4,6-15,21,37H,5,16-20H2,1-2H3/t21-,32-/m1/s1. The number of fused-ring (bicyclic) bond motifs is 1. The number of carbonyl (C=O) groups is 1. The van der Waals surface area contributed by atoms with Crippen LogP contribution in [0.4, 0.5) is 0 Å². The van der Waals surface area contributed by atoms with Gasteiger partial charge >= 0.3 is 0 Å². The molecule has 1 N–H and O–H groups in total. The molecule has 0 saturated carbocycles. The minimum absolute atomic E-state index is 0.0768. The maximum atomic E-state index is 14.4. The number of hydrogen-bond donors (Lipinski definition) is 1. The Kier molecular flexibility index (Phi) is 7.62. The second-order valence-corrected chi connectivity index (χ2v) is 10.4. The van der Waals surface area contributed by atoms with E-state index in [1.807, 2.05) is 79.7 Å². The van der Waals surface area contributed by atoms with Gasteiger partial charge in [-0.15, -0.1) is 0 Å². The highest BCUT2D eigenvalue weighted by molar-refractivity contribution is 6.01. The highest BCUT2D eigenvalue weighted by atomic mass is 16.5. The van der Waals surface area contributed by atoms with Gasteiger partial charge in [0.1, 0.15) is 17.6 Å². The second kappa shape index (κ2) is 11.7. The predicted molar refractivity (Wildman–Crippen MR) is 154 cm³/mol. The number of aliphatic hydroxyl groups is 1. The van der Waals surface area contributed by atoms with Crippen molar-refractivity contribution in [2.24, 2.45) is 4.99 Å². The molecule has 4 aromatic rings. The van der Waals surface area contributed by atoms with Crippen molar-refractivity contribution < 1.29 is 28.6 Å². The number of aliphatic imine (C=N–C) groups is 1. The third-order valence-electron chi connectivity index (χ3n) is 7.67. The van der Waals surface area contributed by atoms with Gasteiger partial charge in [-0.2, -0.15) is 4.98 Å². The van der Waals surface area contributed by atoms with Crippen molar-refractivity contribution in [3.8, 4) is 23.0 Å². The van der Waals surface area contributed by atoms with Crippen LogP contribution in [0.25, 0.3) is 11.5 Å². The molecule has 3 heterocycles. The van der Waals surface area contributed by atoms with Crippen LogP contribution in [0.15, 0.2) is 82.3 Å². The summed E-state index contributed by atoms with van der Waals surface area (Å²) in [6.07, 6.45) is 0.466. The lowest BCUT2D eigenvalue weighted by Gasteiger charge is -2.31. The zero-order chi connectivity index (χ0) is 29.1. The Hall–Kier alpha value is -4.70. The number of carbonyl (C=O) groups excluding carboxylic acids is 1. The van der Waals surface area contributed by atoms with Crippen LogP contribution in [0, 0.1) is 0 Å². The van der Waals surface area contributed by atoms with Gasteiger partial charge in [0.05, 0.1) is 20.3 Å². The van der Waals surface area contributed by atoms with Crippen molar-refractivity contribution >= 4 is 11.8 Å². The summed E-state index contributed by atoms with van der Waals surface area (Å²) in [5.74, 6) is 2.45. The number of nitrogens with zero attached hydrogens (tertiary/aromatic N) is 4. The molecule has 0 radical (unpaired) electrons. The number of aromatic nitrogens is 2. The highest BCUT2D eigenvalue weighted by Crippen LogP contribution is 2.38. The zero-order valence-corrected chi connectivity index (χ0v) is 23.5. The number of rotatable bonds is 9. The van der Waals surface area contributed by atoms with E-state index in [1.165, 1.54) is 0 Å². The Morgan fingerprint density at radius 2 is 1.71 bits per heavy atom. The van der Waals surface area contributed by atoms with Crippen LogP contribution in [0.2, 0.25) is 0 Å². The summed E-state index contributed by atoms with van der Waals surface area (Å²) in [4.78, 5) is 25.7. The van der Waals surface area contributed by atoms with Crippen molar-refractivity contribution in [3.05, 3.63) is 95.3 Å². The lowest BCUT2D eigenvalue weighted by molar-refractivity contribution is -0.140. The fourth-order valence-corrected chi connectivity index (χ4v) is 5.32. The minimum Gasteiger partial charge on any atom is -0.497 e. The number of methoxy groups -OCH3 is 1. The van der Waals surface area contributed by atoms with Crippen LogP contribution in [0.1, 0.15) is 35.9 Å². The SMILES string of the molecule is COc1ccc(-c2nc(CN3Cc4ccccc4C[C@]4(N=C(c5ccc(OCCCO)cc5)O[C@@H]4C)C3=O)no2)cc1. The minimum atomic E-state index is -1.15. The van der Waals surface area contributed by atoms with E-state index in [1.54, 1.807) is 12.0 Å². The quantitative estimate of drug-likeness (QED) is 0.299. The molecule has 0 aliphatic carbocycles. The van der Waals surface area contributed by atoms with Gasteiger partial charge in [0, 0.05) is 37.1 Å². The molecule has 0 unspecified atom stereocenters. The van der Waals surface area contributed by atoms with Crippen LogP contribution in [-0.2, 0) is 29.0 Å². The van der Waals surface area contributed by atoms with Crippen LogP contribution in [0.5, 0.6) is 11.5 Å². The summed E-state index contributed by atoms with van der Waals surface area (Å²) in [6, 6.07) is 22.8. The molecule has 10 heteroatoms. The van der Waals surface area contributed by atoms with Gasteiger partial charge in [0.2, 0.25) is 5.90 Å². The van der Waals surface area contributed by atoms with E-state index in [-0.39, 0.29) is 19.1 Å². The van der Waals surface area contributed by atoms with E-state index >= 15 is 0 Å². The molecule has 2 atom stereocenters. The first-order chi connectivity index (χ1) is 20.5. The highest BCUT2D eigenvalue weighted by Gasteiger charge is 2.53. The monoisotopic (exact) mass is 568 g/mol. The number of hydrogen-bond acceptors (Lipinski definition) is 9. The lowest BCUT2D eigenvalue weighted by atomic mass is 9.85. The molecule has 0 fully saturated rings. The number of benzene rings is 3. The van der Waals surface area contributed by atoms with Crippen molar-refractivity contribution in [3.63, 3.8) is 0 Å². The molecule has 0 bridgehead atoms. The maximum absolute atomic E-state index is 14.4. The molecular weight excluding hydrogens is 536 g/mol. The van der Waals surface area contributed by atoms with Gasteiger partial charge in [-0.3, -0.25) is 4.79 Å². The van der Waals surface area contributed by atoms with Crippen molar-refractivity contribution in [2.45, 2.75) is 44.5 Å². The molecule has 3 aromatic carbocycles. The van der Waals surface area contributed by atoms with Crippen LogP contribution in [-0.4, -0.2) is 63.9 Å². The smallest absolute Gasteiger partial charge is 0.257 e. The third-order valence-corrected chi connectivity index (χ3v) is 7.67. The summed E-state index contributed by atoms with van der Waals surface area (Å²) in [6.45, 7) is 2.95. The molecular formula is C32H32N4O6. The number of aliphatic hydroxyl groups excluding tert-OH is 1. The third kappa shape index (κ3) is 5.33. The van der Waals surface area contributed by atoms with Gasteiger partial charge in [-0.25, -0.2) is 4.99 Å². The molecule has 1 aromatic heterocycles. The molecule has 42 heavy (non-hydrogen) atoms. The van der Waals surface area contributed by atoms with Crippen molar-refractivity contribution in [2.75, 3.05) is 20.3 Å². The molecule has 2 aliphatic heterocycles. The molecule has 10 nitrogen and oxygen atoms in total. The summed E-state index contributed by atoms with van der Waals surface area (Å²) in [5.41, 5.74) is 2.46. The van der Waals surface area contributed by atoms with Crippen LogP contribution in [0.3, 0.4) is 0 Å². The normalized spacial score (nSPS) is 19.7. The Morgan fingerprint density at radius 3 is 2.45 bits per heavy atom. The Morgan fingerprint density at radius 1 is 1.00 bits per heavy atom. The van der Waals surface area contributed by atoms with E-state index in [4.69, 9.17) is 28.8 Å². The molecule has 2 aliphatic rings.